The Hall–Kier alpha value is -1.94. The summed E-state index contributed by atoms with van der Waals surface area (Å²) in [6.45, 7) is 7.50. The van der Waals surface area contributed by atoms with Crippen molar-refractivity contribution in [3.63, 3.8) is 0 Å². The average molecular weight is 545 g/mol. The molecule has 0 atom stereocenters. The molecule has 1 aliphatic carbocycles. The standard InChI is InChI=1S/C24H38BrFN4O4/c1-24(2,3)34-23(32)28(4)13-14-30(16-21(31)33-6)18-9-7-17(8-10-18)15-29(5)20-12-11-19(25)22(26)27-20/h11-12,17-18H,7-10,13-16H2,1-6H3/t17-,18+. The molecule has 1 aromatic heterocycles. The molecule has 0 bridgehead atoms. The third-order valence-electron chi connectivity index (χ3n) is 6.03. The molecule has 1 aliphatic rings. The van der Waals surface area contributed by atoms with Crippen LogP contribution in [0.1, 0.15) is 46.5 Å². The molecule has 0 aliphatic heterocycles. The van der Waals surface area contributed by atoms with Gasteiger partial charge in [0.15, 0.2) is 0 Å². The normalized spacial score (nSPS) is 18.5. The lowest BCUT2D eigenvalue weighted by Crippen LogP contribution is -2.46. The molecule has 192 valence electrons. The van der Waals surface area contributed by atoms with Gasteiger partial charge in [-0.15, -0.1) is 0 Å². The molecule has 1 aromatic rings. The van der Waals surface area contributed by atoms with Gasteiger partial charge in [0.25, 0.3) is 0 Å². The molecular weight excluding hydrogens is 507 g/mol. The average Bonchev–Trinajstić information content (AvgIpc) is 2.77. The quantitative estimate of drug-likeness (QED) is 0.338. The summed E-state index contributed by atoms with van der Waals surface area (Å²) in [5.74, 6) is 0.271. The number of carbonyl (C=O) groups excluding carboxylic acids is 2. The SMILES string of the molecule is COC(=O)CN(CCN(C)C(=O)OC(C)(C)C)[C@H]1CC[C@@H](CN(C)c2ccc(Br)c(F)n2)CC1. The molecule has 10 heteroatoms. The third kappa shape index (κ3) is 9.02. The number of hydrogen-bond donors (Lipinski definition) is 0. The molecule has 0 aromatic carbocycles. The van der Waals surface area contributed by atoms with E-state index < -0.39 is 11.5 Å². The summed E-state index contributed by atoms with van der Waals surface area (Å²) in [5.41, 5.74) is -0.555. The van der Waals surface area contributed by atoms with Crippen molar-refractivity contribution >= 4 is 33.8 Å². The highest BCUT2D eigenvalue weighted by atomic mass is 79.9. The van der Waals surface area contributed by atoms with E-state index in [2.05, 4.69) is 25.8 Å². The number of aromatic nitrogens is 1. The van der Waals surface area contributed by atoms with Crippen molar-refractivity contribution in [3.8, 4) is 0 Å². The first-order valence-corrected chi connectivity index (χ1v) is 12.5. The minimum Gasteiger partial charge on any atom is -0.468 e. The molecule has 1 heterocycles. The number of rotatable bonds is 9. The molecular formula is C24H38BrFN4O4. The highest BCUT2D eigenvalue weighted by Crippen LogP contribution is 2.29. The van der Waals surface area contributed by atoms with Gasteiger partial charge in [-0.2, -0.15) is 4.39 Å². The maximum Gasteiger partial charge on any atom is 0.410 e. The maximum absolute atomic E-state index is 13.8. The minimum absolute atomic E-state index is 0.190. The smallest absolute Gasteiger partial charge is 0.410 e. The highest BCUT2D eigenvalue weighted by Gasteiger charge is 2.29. The van der Waals surface area contributed by atoms with E-state index >= 15 is 0 Å². The molecule has 2 rings (SSSR count). The van der Waals surface area contributed by atoms with Crippen LogP contribution in [0.3, 0.4) is 0 Å². The van der Waals surface area contributed by atoms with Crippen molar-refractivity contribution in [1.82, 2.24) is 14.8 Å². The molecule has 0 N–H and O–H groups in total. The van der Waals surface area contributed by atoms with Crippen LogP contribution in [-0.4, -0.2) is 85.9 Å². The number of pyridine rings is 1. The largest absolute Gasteiger partial charge is 0.468 e. The highest BCUT2D eigenvalue weighted by molar-refractivity contribution is 9.10. The van der Waals surface area contributed by atoms with E-state index in [1.54, 1.807) is 24.1 Å². The molecule has 34 heavy (non-hydrogen) atoms. The first-order valence-electron chi connectivity index (χ1n) is 11.7. The van der Waals surface area contributed by atoms with Crippen molar-refractivity contribution in [3.05, 3.63) is 22.6 Å². The van der Waals surface area contributed by atoms with Crippen molar-refractivity contribution < 1.29 is 23.5 Å². The van der Waals surface area contributed by atoms with Gasteiger partial charge < -0.3 is 19.3 Å². The Morgan fingerprint density at radius 2 is 1.79 bits per heavy atom. The fraction of sp³-hybridized carbons (Fsp3) is 0.708. The number of esters is 1. The van der Waals surface area contributed by atoms with Crippen LogP contribution in [0.2, 0.25) is 0 Å². The Balaban J connectivity index is 1.91. The summed E-state index contributed by atoms with van der Waals surface area (Å²) in [7, 11) is 5.02. The third-order valence-corrected chi connectivity index (χ3v) is 6.62. The van der Waals surface area contributed by atoms with Crippen LogP contribution in [-0.2, 0) is 14.3 Å². The van der Waals surface area contributed by atoms with E-state index in [1.807, 2.05) is 32.7 Å². The number of ether oxygens (including phenoxy) is 2. The Kier molecular flexibility index (Phi) is 10.5. The summed E-state index contributed by atoms with van der Waals surface area (Å²) in [6.07, 6.45) is 3.48. The van der Waals surface area contributed by atoms with Gasteiger partial charge in [0, 0.05) is 39.8 Å². The number of hydrogen-bond acceptors (Lipinski definition) is 7. The molecule has 0 unspecified atom stereocenters. The Morgan fingerprint density at radius 3 is 2.35 bits per heavy atom. The summed E-state index contributed by atoms with van der Waals surface area (Å²) >= 11 is 3.14. The Morgan fingerprint density at radius 1 is 1.15 bits per heavy atom. The minimum atomic E-state index is -0.555. The van der Waals surface area contributed by atoms with E-state index in [4.69, 9.17) is 9.47 Å². The van der Waals surface area contributed by atoms with Crippen LogP contribution in [0, 0.1) is 11.9 Å². The molecule has 1 amide bonds. The molecule has 1 saturated carbocycles. The van der Waals surface area contributed by atoms with E-state index in [0.29, 0.717) is 29.3 Å². The summed E-state index contributed by atoms with van der Waals surface area (Å²) < 4.78 is 24.5. The fourth-order valence-electron chi connectivity index (χ4n) is 4.12. The van der Waals surface area contributed by atoms with Gasteiger partial charge >= 0.3 is 12.1 Å². The zero-order chi connectivity index (χ0) is 25.5. The van der Waals surface area contributed by atoms with Gasteiger partial charge in [-0.1, -0.05) is 0 Å². The predicted octanol–water partition coefficient (Wildman–Crippen LogP) is 4.32. The Labute approximate surface area is 210 Å². The molecule has 0 saturated heterocycles. The second kappa shape index (κ2) is 12.7. The van der Waals surface area contributed by atoms with Gasteiger partial charge in [-0.05, 0) is 80.4 Å². The van der Waals surface area contributed by atoms with E-state index in [0.717, 1.165) is 32.2 Å². The van der Waals surface area contributed by atoms with Crippen LogP contribution in [0.25, 0.3) is 0 Å². The summed E-state index contributed by atoms with van der Waals surface area (Å²) in [6, 6.07) is 3.71. The molecule has 8 nitrogen and oxygen atoms in total. The van der Waals surface area contributed by atoms with Crippen molar-refractivity contribution in [1.29, 1.82) is 0 Å². The predicted molar refractivity (Wildman–Crippen MR) is 133 cm³/mol. The van der Waals surface area contributed by atoms with E-state index in [1.165, 1.54) is 7.11 Å². The zero-order valence-electron chi connectivity index (χ0n) is 21.1. The van der Waals surface area contributed by atoms with Crippen molar-refractivity contribution in [2.75, 3.05) is 52.3 Å². The lowest BCUT2D eigenvalue weighted by Gasteiger charge is -2.38. The van der Waals surface area contributed by atoms with Crippen LogP contribution in [0.15, 0.2) is 16.6 Å². The second-order valence-electron chi connectivity index (χ2n) is 9.95. The van der Waals surface area contributed by atoms with Crippen LogP contribution < -0.4 is 4.90 Å². The molecule has 0 radical (unpaired) electrons. The van der Waals surface area contributed by atoms with Crippen LogP contribution in [0.5, 0.6) is 0 Å². The molecule has 0 spiro atoms. The van der Waals surface area contributed by atoms with Gasteiger partial charge in [-0.3, -0.25) is 9.69 Å². The van der Waals surface area contributed by atoms with Crippen molar-refractivity contribution in [2.45, 2.75) is 58.1 Å². The number of amides is 1. The number of methoxy groups -OCH3 is 1. The zero-order valence-corrected chi connectivity index (χ0v) is 22.7. The lowest BCUT2D eigenvalue weighted by molar-refractivity contribution is -0.142. The monoisotopic (exact) mass is 544 g/mol. The topological polar surface area (TPSA) is 75.2 Å². The van der Waals surface area contributed by atoms with Crippen LogP contribution in [0.4, 0.5) is 15.0 Å². The number of carbonyl (C=O) groups is 2. The van der Waals surface area contributed by atoms with Gasteiger partial charge in [-0.25, -0.2) is 9.78 Å². The summed E-state index contributed by atoms with van der Waals surface area (Å²) in [5, 5.41) is 0. The van der Waals surface area contributed by atoms with E-state index in [-0.39, 0.29) is 24.6 Å². The lowest BCUT2D eigenvalue weighted by atomic mass is 9.85. The number of nitrogens with zero attached hydrogens (tertiary/aromatic N) is 4. The van der Waals surface area contributed by atoms with Gasteiger partial charge in [0.1, 0.15) is 11.4 Å². The maximum atomic E-state index is 13.8. The van der Waals surface area contributed by atoms with Gasteiger partial charge in [0.2, 0.25) is 5.95 Å². The van der Waals surface area contributed by atoms with Crippen molar-refractivity contribution in [2.24, 2.45) is 5.92 Å². The second-order valence-corrected chi connectivity index (χ2v) is 10.8. The van der Waals surface area contributed by atoms with E-state index in [9.17, 15) is 14.0 Å². The van der Waals surface area contributed by atoms with Crippen LogP contribution >= 0.6 is 15.9 Å². The van der Waals surface area contributed by atoms with Gasteiger partial charge in [0.05, 0.1) is 18.1 Å². The fourth-order valence-corrected chi connectivity index (χ4v) is 4.35. The number of anilines is 1. The number of likely N-dealkylation sites (N-methyl/N-ethyl adjacent to an activating group) is 1. The molecule has 1 fully saturated rings. The summed E-state index contributed by atoms with van der Waals surface area (Å²) in [4.78, 5) is 34.0. The first kappa shape index (κ1) is 28.3. The Bertz CT molecular complexity index is 828. The first-order chi connectivity index (χ1) is 15.9. The number of halogens is 2.